The molecule has 1 spiro atoms. The highest BCUT2D eigenvalue weighted by molar-refractivity contribution is 5.88. The largest absolute Gasteiger partial charge is 0.344 e. The second-order valence-corrected chi connectivity index (χ2v) is 8.39. The number of nitrogens with one attached hydrogen (secondary N) is 1. The van der Waals surface area contributed by atoms with E-state index in [0.29, 0.717) is 11.8 Å². The predicted octanol–water partition coefficient (Wildman–Crippen LogP) is 2.16. The molecule has 3 aliphatic rings. The van der Waals surface area contributed by atoms with Crippen molar-refractivity contribution < 1.29 is 9.59 Å². The maximum Gasteiger partial charge on any atom is 0.245 e. The molecule has 1 saturated carbocycles. The van der Waals surface area contributed by atoms with Crippen molar-refractivity contribution >= 4 is 11.8 Å². The third kappa shape index (κ3) is 3.93. The average molecular weight is 335 g/mol. The molecule has 3 rings (SSSR count). The van der Waals surface area contributed by atoms with Crippen molar-refractivity contribution in [3.8, 4) is 0 Å². The van der Waals surface area contributed by atoms with Crippen LogP contribution in [0, 0.1) is 5.41 Å². The number of piperidine rings is 1. The van der Waals surface area contributed by atoms with Crippen molar-refractivity contribution in [2.45, 2.75) is 76.3 Å². The first-order valence-electron chi connectivity index (χ1n) is 9.74. The van der Waals surface area contributed by atoms with Gasteiger partial charge in [-0.25, -0.2) is 0 Å². The van der Waals surface area contributed by atoms with Gasteiger partial charge in [-0.1, -0.05) is 6.42 Å². The first-order chi connectivity index (χ1) is 11.5. The monoisotopic (exact) mass is 335 g/mol. The topological polar surface area (TPSA) is 52.7 Å². The van der Waals surface area contributed by atoms with Crippen LogP contribution < -0.4 is 5.32 Å². The third-order valence-electron chi connectivity index (χ3n) is 6.66. The maximum atomic E-state index is 12.8. The Labute approximate surface area is 146 Å². The molecule has 2 aliphatic heterocycles. The summed E-state index contributed by atoms with van der Waals surface area (Å²) in [5.41, 5.74) is 0.468. The number of rotatable bonds is 2. The molecule has 0 bridgehead atoms. The number of amides is 2. The summed E-state index contributed by atoms with van der Waals surface area (Å²) in [6.45, 7) is 1.75. The van der Waals surface area contributed by atoms with E-state index in [1.807, 2.05) is 4.90 Å². The molecular formula is C19H33N3O2. The number of nitrogens with zero attached hydrogens (tertiary/aromatic N) is 2. The number of hydrogen-bond donors (Lipinski definition) is 1. The fraction of sp³-hybridized carbons (Fsp3) is 0.895. The lowest BCUT2D eigenvalue weighted by atomic mass is 9.66. The van der Waals surface area contributed by atoms with Gasteiger partial charge in [-0.3, -0.25) is 9.59 Å². The van der Waals surface area contributed by atoms with Gasteiger partial charge in [-0.05, 0) is 70.9 Å². The van der Waals surface area contributed by atoms with Crippen molar-refractivity contribution in [2.24, 2.45) is 5.41 Å². The van der Waals surface area contributed by atoms with Crippen molar-refractivity contribution in [3.05, 3.63) is 0 Å². The first kappa shape index (κ1) is 17.7. The Hall–Kier alpha value is -1.10. The van der Waals surface area contributed by atoms with Crippen LogP contribution in [0.15, 0.2) is 0 Å². The molecule has 24 heavy (non-hydrogen) atoms. The lowest BCUT2D eigenvalue weighted by molar-refractivity contribution is -0.138. The molecule has 136 valence electrons. The zero-order chi connectivity index (χ0) is 17.2. The van der Waals surface area contributed by atoms with Gasteiger partial charge in [0.15, 0.2) is 0 Å². The first-order valence-corrected chi connectivity index (χ1v) is 9.74. The molecule has 2 saturated heterocycles. The Morgan fingerprint density at radius 2 is 1.75 bits per heavy atom. The predicted molar refractivity (Wildman–Crippen MR) is 94.6 cm³/mol. The van der Waals surface area contributed by atoms with Gasteiger partial charge in [0.1, 0.15) is 6.04 Å². The van der Waals surface area contributed by atoms with Crippen molar-refractivity contribution in [3.63, 3.8) is 0 Å². The van der Waals surface area contributed by atoms with E-state index >= 15 is 0 Å². The summed E-state index contributed by atoms with van der Waals surface area (Å²) < 4.78 is 0. The molecule has 0 radical (unpaired) electrons. The normalized spacial score (nSPS) is 28.7. The lowest BCUT2D eigenvalue weighted by Crippen LogP contribution is -2.52. The molecule has 1 atom stereocenters. The van der Waals surface area contributed by atoms with Crippen molar-refractivity contribution in [2.75, 3.05) is 27.2 Å². The average Bonchev–Trinajstić information content (AvgIpc) is 2.80. The van der Waals surface area contributed by atoms with Crippen LogP contribution in [0.25, 0.3) is 0 Å². The minimum atomic E-state index is -0.279. The third-order valence-corrected chi connectivity index (χ3v) is 6.66. The van der Waals surface area contributed by atoms with Gasteiger partial charge in [0.05, 0.1) is 0 Å². The molecule has 1 N–H and O–H groups in total. The number of hydrogen-bond acceptors (Lipinski definition) is 3. The van der Waals surface area contributed by atoms with E-state index in [9.17, 15) is 9.59 Å². The Bertz CT molecular complexity index is 459. The van der Waals surface area contributed by atoms with Gasteiger partial charge < -0.3 is 15.1 Å². The summed E-state index contributed by atoms with van der Waals surface area (Å²) in [4.78, 5) is 28.9. The Morgan fingerprint density at radius 3 is 2.38 bits per heavy atom. The summed E-state index contributed by atoms with van der Waals surface area (Å²) in [5, 5.41) is 2.93. The molecule has 0 aromatic heterocycles. The second-order valence-electron chi connectivity index (χ2n) is 8.39. The van der Waals surface area contributed by atoms with E-state index in [2.05, 4.69) is 24.3 Å². The van der Waals surface area contributed by atoms with Crippen LogP contribution in [0.5, 0.6) is 0 Å². The molecule has 5 heteroatoms. The van der Waals surface area contributed by atoms with Gasteiger partial charge in [-0.15, -0.1) is 0 Å². The summed E-state index contributed by atoms with van der Waals surface area (Å²) >= 11 is 0. The van der Waals surface area contributed by atoms with Crippen LogP contribution >= 0.6 is 0 Å². The quantitative estimate of drug-likeness (QED) is 0.841. The summed E-state index contributed by atoms with van der Waals surface area (Å²) in [6.07, 6.45) is 10.7. The smallest absolute Gasteiger partial charge is 0.245 e. The van der Waals surface area contributed by atoms with Crippen LogP contribution in [0.3, 0.4) is 0 Å². The van der Waals surface area contributed by atoms with Crippen LogP contribution in [0.4, 0.5) is 0 Å². The molecule has 0 aromatic carbocycles. The molecule has 3 fully saturated rings. The maximum absolute atomic E-state index is 12.8. The summed E-state index contributed by atoms with van der Waals surface area (Å²) in [6, 6.07) is 0.454. The minimum Gasteiger partial charge on any atom is -0.344 e. The molecule has 1 unspecified atom stereocenters. The van der Waals surface area contributed by atoms with Gasteiger partial charge in [0.25, 0.3) is 0 Å². The highest BCUT2D eigenvalue weighted by Crippen LogP contribution is 2.45. The Kier molecular flexibility index (Phi) is 5.48. The minimum absolute atomic E-state index is 0.0429. The van der Waals surface area contributed by atoms with Crippen LogP contribution in [-0.4, -0.2) is 60.9 Å². The van der Waals surface area contributed by atoms with Crippen molar-refractivity contribution in [1.82, 2.24) is 15.1 Å². The van der Waals surface area contributed by atoms with Gasteiger partial charge >= 0.3 is 0 Å². The van der Waals surface area contributed by atoms with E-state index in [1.54, 1.807) is 0 Å². The SMILES string of the molecule is CN(C)C1CCC2(CC1)CCN(C(=O)C1CCCCC(=O)N1)CC2. The zero-order valence-electron chi connectivity index (χ0n) is 15.4. The highest BCUT2D eigenvalue weighted by atomic mass is 16.2. The van der Waals surface area contributed by atoms with E-state index in [0.717, 1.165) is 51.2 Å². The molecule has 2 heterocycles. The van der Waals surface area contributed by atoms with Gasteiger partial charge in [0.2, 0.25) is 11.8 Å². The van der Waals surface area contributed by atoms with E-state index in [-0.39, 0.29) is 17.9 Å². The zero-order valence-corrected chi connectivity index (χ0v) is 15.4. The number of carbonyl (C=O) groups is 2. The van der Waals surface area contributed by atoms with E-state index < -0.39 is 0 Å². The standard InChI is InChI=1S/C19H33N3O2/c1-21(2)15-7-9-19(10-8-15)11-13-22(14-12-19)18(24)16-5-3-4-6-17(23)20-16/h15-16H,3-14H2,1-2H3,(H,20,23). The Morgan fingerprint density at radius 1 is 1.08 bits per heavy atom. The van der Waals surface area contributed by atoms with E-state index in [4.69, 9.17) is 0 Å². The second kappa shape index (κ2) is 7.42. The molecule has 2 amide bonds. The highest BCUT2D eigenvalue weighted by Gasteiger charge is 2.40. The summed E-state index contributed by atoms with van der Waals surface area (Å²) in [7, 11) is 4.37. The van der Waals surface area contributed by atoms with Crippen LogP contribution in [0.2, 0.25) is 0 Å². The number of likely N-dealkylation sites (tertiary alicyclic amines) is 1. The molecule has 0 aromatic rings. The van der Waals surface area contributed by atoms with Crippen molar-refractivity contribution in [1.29, 1.82) is 0 Å². The molecule has 1 aliphatic carbocycles. The number of carbonyl (C=O) groups excluding carboxylic acids is 2. The van der Waals surface area contributed by atoms with Crippen LogP contribution in [-0.2, 0) is 9.59 Å². The fourth-order valence-electron chi connectivity index (χ4n) is 4.81. The van der Waals surface area contributed by atoms with Crippen LogP contribution in [0.1, 0.15) is 64.2 Å². The summed E-state index contributed by atoms with van der Waals surface area (Å²) in [5.74, 6) is 0.198. The van der Waals surface area contributed by atoms with Gasteiger partial charge in [-0.2, -0.15) is 0 Å². The Balaban J connectivity index is 1.51. The van der Waals surface area contributed by atoms with Gasteiger partial charge in [0, 0.05) is 25.6 Å². The fourth-order valence-corrected chi connectivity index (χ4v) is 4.81. The lowest BCUT2D eigenvalue weighted by Gasteiger charge is -2.47. The molecule has 5 nitrogen and oxygen atoms in total. The van der Waals surface area contributed by atoms with E-state index in [1.165, 1.54) is 25.7 Å². The molecular weight excluding hydrogens is 302 g/mol.